The summed E-state index contributed by atoms with van der Waals surface area (Å²) in [6, 6.07) is 6.43. The molecule has 1 aromatic heterocycles. The molecule has 1 N–H and O–H groups in total. The molecule has 2 heterocycles. The van der Waals surface area contributed by atoms with E-state index in [0.29, 0.717) is 25.2 Å². The fourth-order valence-corrected chi connectivity index (χ4v) is 4.63. The number of carbonyl (C=O) groups is 2. The Kier molecular flexibility index (Phi) is 7.14. The van der Waals surface area contributed by atoms with Gasteiger partial charge < -0.3 is 10.1 Å². The van der Waals surface area contributed by atoms with Gasteiger partial charge in [-0.15, -0.1) is 0 Å². The number of carbonyl (C=O) groups excluding carboxylic acids is 2. The van der Waals surface area contributed by atoms with Gasteiger partial charge in [0.05, 0.1) is 24.1 Å². The van der Waals surface area contributed by atoms with Gasteiger partial charge in [0.25, 0.3) is 0 Å². The number of nitrogens with zero attached hydrogens (tertiary/aromatic N) is 4. The van der Waals surface area contributed by atoms with Gasteiger partial charge in [-0.1, -0.05) is 12.1 Å². The predicted molar refractivity (Wildman–Crippen MR) is 117 cm³/mol. The van der Waals surface area contributed by atoms with Crippen molar-refractivity contribution in [3.8, 4) is 0 Å². The molecule has 0 radical (unpaired) electrons. The average molecular weight is 466 g/mol. The van der Waals surface area contributed by atoms with Crippen LogP contribution in [0.15, 0.2) is 29.1 Å². The zero-order chi connectivity index (χ0) is 23.5. The normalized spacial score (nSPS) is 17.2. The van der Waals surface area contributed by atoms with Gasteiger partial charge in [0.15, 0.2) is 0 Å². The maximum Gasteiger partial charge on any atom is 0.346 e. The van der Waals surface area contributed by atoms with E-state index in [4.69, 9.17) is 4.74 Å². The smallest absolute Gasteiger partial charge is 0.346 e. The maximum atomic E-state index is 12.6. The molecule has 3 rings (SSSR count). The van der Waals surface area contributed by atoms with E-state index in [0.717, 1.165) is 10.9 Å². The van der Waals surface area contributed by atoms with E-state index in [2.05, 4.69) is 10.4 Å². The quantitative estimate of drug-likeness (QED) is 0.590. The van der Waals surface area contributed by atoms with Crippen molar-refractivity contribution in [3.63, 3.8) is 0 Å². The Bertz CT molecular complexity index is 1170. The molecule has 0 bridgehead atoms. The second-order valence-corrected chi connectivity index (χ2v) is 9.61. The van der Waals surface area contributed by atoms with E-state index in [9.17, 15) is 22.8 Å². The van der Waals surface area contributed by atoms with Crippen LogP contribution in [-0.2, 0) is 33.1 Å². The summed E-state index contributed by atoms with van der Waals surface area (Å²) in [5.41, 5.74) is 0.00126. The van der Waals surface area contributed by atoms with E-state index in [1.54, 1.807) is 32.2 Å². The van der Waals surface area contributed by atoms with Crippen LogP contribution < -0.4 is 11.0 Å². The van der Waals surface area contributed by atoms with E-state index in [1.165, 1.54) is 14.9 Å². The number of hydrogen-bond acceptors (Lipinski definition) is 7. The second-order valence-electron chi connectivity index (χ2n) is 7.63. The molecule has 0 spiro atoms. The number of nitrogens with one attached hydrogen (secondary N) is 1. The number of sulfonamides is 1. The highest BCUT2D eigenvalue weighted by molar-refractivity contribution is 7.88. The molecule has 1 aromatic carbocycles. The molecule has 0 saturated carbocycles. The van der Waals surface area contributed by atoms with Crippen LogP contribution in [0.4, 0.5) is 5.69 Å². The Balaban J connectivity index is 1.76. The summed E-state index contributed by atoms with van der Waals surface area (Å²) < 4.78 is 32.6. The number of para-hydroxylation sites is 1. The van der Waals surface area contributed by atoms with Gasteiger partial charge in [-0.3, -0.25) is 9.36 Å². The summed E-state index contributed by atoms with van der Waals surface area (Å²) in [5, 5.41) is 6.94. The highest BCUT2D eigenvalue weighted by atomic mass is 32.2. The van der Waals surface area contributed by atoms with E-state index < -0.39 is 27.6 Å². The van der Waals surface area contributed by atoms with Crippen molar-refractivity contribution in [1.82, 2.24) is 18.7 Å². The molecule has 11 nitrogen and oxygen atoms in total. The Morgan fingerprint density at radius 2 is 2.00 bits per heavy atom. The number of benzene rings is 1. The van der Waals surface area contributed by atoms with Crippen molar-refractivity contribution in [2.45, 2.75) is 32.2 Å². The molecular weight excluding hydrogens is 438 g/mol. The summed E-state index contributed by atoms with van der Waals surface area (Å²) in [7, 11) is -1.79. The lowest BCUT2D eigenvalue weighted by atomic mass is 9.99. The molecule has 12 heteroatoms. The van der Waals surface area contributed by atoms with Crippen LogP contribution in [0.25, 0.3) is 0 Å². The first kappa shape index (κ1) is 23.7. The van der Waals surface area contributed by atoms with Gasteiger partial charge in [0.2, 0.25) is 15.9 Å². The molecule has 174 valence electrons. The summed E-state index contributed by atoms with van der Waals surface area (Å²) in [5.74, 6) is -0.906. The average Bonchev–Trinajstić information content (AvgIpc) is 3.02. The van der Waals surface area contributed by atoms with Crippen molar-refractivity contribution in [2.75, 3.05) is 31.3 Å². The van der Waals surface area contributed by atoms with Crippen LogP contribution in [0.1, 0.15) is 41.9 Å². The number of rotatable bonds is 7. The number of hydrogen-bond donors (Lipinski definition) is 1. The Morgan fingerprint density at radius 1 is 1.28 bits per heavy atom. The summed E-state index contributed by atoms with van der Waals surface area (Å²) in [6.45, 7) is 2.21. The Morgan fingerprint density at radius 3 is 2.69 bits per heavy atom. The molecule has 1 saturated heterocycles. The zero-order valence-electron chi connectivity index (χ0n) is 18.3. The van der Waals surface area contributed by atoms with Crippen LogP contribution >= 0.6 is 0 Å². The van der Waals surface area contributed by atoms with Crippen molar-refractivity contribution in [1.29, 1.82) is 0 Å². The number of anilines is 1. The highest BCUT2D eigenvalue weighted by Gasteiger charge is 2.30. The lowest BCUT2D eigenvalue weighted by molar-refractivity contribution is -0.117. The third-order valence-electron chi connectivity index (χ3n) is 5.28. The molecule has 0 aliphatic carbocycles. The first-order valence-electron chi connectivity index (χ1n) is 10.3. The molecule has 1 aliphatic rings. The molecule has 1 aliphatic heterocycles. The number of esters is 1. The molecule has 1 unspecified atom stereocenters. The first-order chi connectivity index (χ1) is 15.1. The minimum Gasteiger partial charge on any atom is -0.462 e. The van der Waals surface area contributed by atoms with E-state index in [-0.39, 0.29) is 36.9 Å². The minimum atomic E-state index is -3.34. The molecular formula is C20H27N5O6S. The first-order valence-corrected chi connectivity index (χ1v) is 12.1. The highest BCUT2D eigenvalue weighted by Crippen LogP contribution is 2.26. The standard InChI is InChI=1S/C20H27N5O6S/c1-4-31-19(27)15-9-5-6-10-16(15)21-17(26)13-25-20(28)23(2)18(22-25)14-8-7-11-24(12-14)32(3,29)30/h5-6,9-10,14H,4,7-8,11-13H2,1-3H3,(H,21,26). The van der Waals surface area contributed by atoms with Crippen LogP contribution in [0.5, 0.6) is 0 Å². The largest absolute Gasteiger partial charge is 0.462 e. The Hall–Kier alpha value is -2.99. The summed E-state index contributed by atoms with van der Waals surface area (Å²) in [4.78, 5) is 37.3. The molecule has 32 heavy (non-hydrogen) atoms. The number of aromatic nitrogens is 3. The third-order valence-corrected chi connectivity index (χ3v) is 6.55. The Labute approximate surface area is 186 Å². The van der Waals surface area contributed by atoms with Crippen LogP contribution in [-0.4, -0.2) is 64.9 Å². The van der Waals surface area contributed by atoms with Crippen LogP contribution in [0.3, 0.4) is 0 Å². The van der Waals surface area contributed by atoms with Gasteiger partial charge in [0, 0.05) is 26.1 Å². The van der Waals surface area contributed by atoms with Gasteiger partial charge in [-0.05, 0) is 31.9 Å². The van der Waals surface area contributed by atoms with Crippen molar-refractivity contribution >= 4 is 27.6 Å². The SMILES string of the molecule is CCOC(=O)c1ccccc1NC(=O)Cn1nc(C2CCCN(S(C)(=O)=O)C2)n(C)c1=O. The van der Waals surface area contributed by atoms with E-state index >= 15 is 0 Å². The third kappa shape index (κ3) is 5.25. The van der Waals surface area contributed by atoms with Gasteiger partial charge in [-0.2, -0.15) is 5.10 Å². The van der Waals surface area contributed by atoms with Gasteiger partial charge in [-0.25, -0.2) is 27.0 Å². The fraction of sp³-hybridized carbons (Fsp3) is 0.500. The number of piperidine rings is 1. The van der Waals surface area contributed by atoms with Crippen LogP contribution in [0.2, 0.25) is 0 Å². The molecule has 1 atom stereocenters. The zero-order valence-corrected chi connectivity index (χ0v) is 19.1. The molecule has 2 aromatic rings. The molecule has 1 fully saturated rings. The van der Waals surface area contributed by atoms with Gasteiger partial charge >= 0.3 is 11.7 Å². The maximum absolute atomic E-state index is 12.6. The number of amides is 1. The lowest BCUT2D eigenvalue weighted by Gasteiger charge is -2.30. The second kappa shape index (κ2) is 9.65. The van der Waals surface area contributed by atoms with Crippen LogP contribution in [0, 0.1) is 0 Å². The topological polar surface area (TPSA) is 133 Å². The van der Waals surface area contributed by atoms with Gasteiger partial charge in [0.1, 0.15) is 12.4 Å². The lowest BCUT2D eigenvalue weighted by Crippen LogP contribution is -2.39. The van der Waals surface area contributed by atoms with Crippen molar-refractivity contribution in [3.05, 3.63) is 46.1 Å². The summed E-state index contributed by atoms with van der Waals surface area (Å²) in [6.07, 6.45) is 2.50. The van der Waals surface area contributed by atoms with Crippen molar-refractivity contribution < 1.29 is 22.7 Å². The fourth-order valence-electron chi connectivity index (χ4n) is 3.72. The monoisotopic (exact) mass is 465 g/mol. The molecule has 1 amide bonds. The number of ether oxygens (including phenoxy) is 1. The summed E-state index contributed by atoms with van der Waals surface area (Å²) >= 11 is 0. The van der Waals surface area contributed by atoms with E-state index in [1.807, 2.05) is 0 Å². The predicted octanol–water partition coefficient (Wildman–Crippen LogP) is 0.536. The van der Waals surface area contributed by atoms with Crippen molar-refractivity contribution in [2.24, 2.45) is 7.05 Å². The minimum absolute atomic E-state index is 0.200.